The van der Waals surface area contributed by atoms with Crippen molar-refractivity contribution < 1.29 is 14.4 Å². The molecule has 0 bridgehead atoms. The Bertz CT molecular complexity index is 868. The Labute approximate surface area is 160 Å². The maximum atomic E-state index is 12.8. The van der Waals surface area contributed by atoms with Crippen LogP contribution in [0.1, 0.15) is 12.5 Å². The Kier molecular flexibility index (Phi) is 4.89. The van der Waals surface area contributed by atoms with E-state index >= 15 is 0 Å². The van der Waals surface area contributed by atoms with Gasteiger partial charge in [-0.15, -0.1) is 0 Å². The van der Waals surface area contributed by atoms with Gasteiger partial charge in [-0.05, 0) is 24.6 Å². The number of carbonyl (C=O) groups excluding carboxylic acids is 3. The first kappa shape index (κ1) is 18.2. The topological polar surface area (TPSA) is 78.5 Å². The number of urea groups is 1. The van der Waals surface area contributed by atoms with Gasteiger partial charge >= 0.3 is 6.03 Å². The molecule has 1 atom stereocenters. The minimum absolute atomic E-state index is 0.235. The quantitative estimate of drug-likeness (QED) is 0.783. The van der Waals surface area contributed by atoms with E-state index in [9.17, 15) is 14.4 Å². The molecule has 1 aliphatic rings. The van der Waals surface area contributed by atoms with Gasteiger partial charge in [-0.2, -0.15) is 0 Å². The highest BCUT2D eigenvalue weighted by atomic mass is 35.5. The molecule has 26 heavy (non-hydrogen) atoms. The second kappa shape index (κ2) is 6.97. The van der Waals surface area contributed by atoms with Crippen LogP contribution >= 0.6 is 23.2 Å². The van der Waals surface area contributed by atoms with Crippen LogP contribution in [0.15, 0.2) is 48.5 Å². The van der Waals surface area contributed by atoms with Crippen LogP contribution in [0.2, 0.25) is 10.0 Å². The van der Waals surface area contributed by atoms with Gasteiger partial charge in [-0.3, -0.25) is 14.5 Å². The molecule has 8 heteroatoms. The van der Waals surface area contributed by atoms with E-state index in [0.717, 1.165) is 4.90 Å². The second-order valence-corrected chi connectivity index (χ2v) is 6.77. The second-order valence-electron chi connectivity index (χ2n) is 5.96. The highest BCUT2D eigenvalue weighted by molar-refractivity contribution is 6.39. The molecule has 4 amide bonds. The summed E-state index contributed by atoms with van der Waals surface area (Å²) in [6, 6.07) is 13.0. The van der Waals surface area contributed by atoms with E-state index < -0.39 is 29.9 Å². The minimum atomic E-state index is -1.22. The summed E-state index contributed by atoms with van der Waals surface area (Å²) < 4.78 is 0. The first-order chi connectivity index (χ1) is 12.3. The van der Waals surface area contributed by atoms with Gasteiger partial charge in [0.15, 0.2) is 0 Å². The Balaban J connectivity index is 1.77. The van der Waals surface area contributed by atoms with Crippen molar-refractivity contribution in [2.24, 2.45) is 0 Å². The number of hydrogen-bond donors (Lipinski definition) is 2. The predicted octanol–water partition coefficient (Wildman–Crippen LogP) is 3.40. The molecule has 0 aromatic heterocycles. The number of nitrogens with one attached hydrogen (secondary N) is 2. The fourth-order valence-electron chi connectivity index (χ4n) is 2.75. The van der Waals surface area contributed by atoms with Crippen molar-refractivity contribution in [2.75, 3.05) is 11.9 Å². The van der Waals surface area contributed by atoms with Gasteiger partial charge in [0.25, 0.3) is 5.91 Å². The number of hydrogen-bond acceptors (Lipinski definition) is 3. The standard InChI is InChI=1S/C18H15Cl2N3O3/c1-18(11-6-3-2-4-7-11)16(25)23(17(26)22-18)10-14(24)21-15-12(19)8-5-9-13(15)20/h2-9H,10H2,1H3,(H,21,24)(H,22,26). The zero-order valence-corrected chi connectivity index (χ0v) is 15.3. The van der Waals surface area contributed by atoms with Crippen LogP contribution in [0.3, 0.4) is 0 Å². The Morgan fingerprint density at radius 3 is 2.31 bits per heavy atom. The molecule has 1 saturated heterocycles. The normalized spacial score (nSPS) is 19.4. The highest BCUT2D eigenvalue weighted by Gasteiger charge is 2.49. The summed E-state index contributed by atoms with van der Waals surface area (Å²) in [7, 11) is 0. The molecule has 6 nitrogen and oxygen atoms in total. The van der Waals surface area contributed by atoms with Crippen molar-refractivity contribution in [2.45, 2.75) is 12.5 Å². The third kappa shape index (κ3) is 3.25. The lowest BCUT2D eigenvalue weighted by Crippen LogP contribution is -2.42. The van der Waals surface area contributed by atoms with E-state index in [2.05, 4.69) is 10.6 Å². The SMILES string of the molecule is CC1(c2ccccc2)NC(=O)N(CC(=O)Nc2c(Cl)cccc2Cl)C1=O. The number of anilines is 1. The number of para-hydroxylation sites is 1. The van der Waals surface area contributed by atoms with E-state index in [4.69, 9.17) is 23.2 Å². The van der Waals surface area contributed by atoms with Crippen molar-refractivity contribution in [3.8, 4) is 0 Å². The fraction of sp³-hybridized carbons (Fsp3) is 0.167. The molecule has 1 heterocycles. The molecule has 0 saturated carbocycles. The predicted molar refractivity (Wildman–Crippen MR) is 99.1 cm³/mol. The molecular formula is C18H15Cl2N3O3. The third-order valence-electron chi connectivity index (χ3n) is 4.16. The zero-order chi connectivity index (χ0) is 18.9. The molecule has 134 valence electrons. The summed E-state index contributed by atoms with van der Waals surface area (Å²) in [4.78, 5) is 38.2. The molecule has 0 spiro atoms. The van der Waals surface area contributed by atoms with Crippen molar-refractivity contribution >= 4 is 46.7 Å². The first-order valence-corrected chi connectivity index (χ1v) is 8.52. The number of imide groups is 1. The minimum Gasteiger partial charge on any atom is -0.322 e. The number of nitrogens with zero attached hydrogens (tertiary/aromatic N) is 1. The summed E-state index contributed by atoms with van der Waals surface area (Å²) in [5.41, 5.74) is -0.352. The summed E-state index contributed by atoms with van der Waals surface area (Å²) in [6.07, 6.45) is 0. The number of benzene rings is 2. The number of halogens is 2. The maximum Gasteiger partial charge on any atom is 0.325 e. The molecule has 2 N–H and O–H groups in total. The van der Waals surface area contributed by atoms with Crippen LogP contribution < -0.4 is 10.6 Å². The van der Waals surface area contributed by atoms with Gasteiger partial charge < -0.3 is 10.6 Å². The lowest BCUT2D eigenvalue weighted by Gasteiger charge is -2.22. The van der Waals surface area contributed by atoms with Crippen LogP contribution in [0.4, 0.5) is 10.5 Å². The lowest BCUT2D eigenvalue weighted by molar-refractivity contribution is -0.133. The van der Waals surface area contributed by atoms with E-state index in [1.165, 1.54) is 0 Å². The van der Waals surface area contributed by atoms with Crippen LogP contribution in [-0.2, 0) is 15.1 Å². The number of carbonyl (C=O) groups is 3. The molecule has 1 aliphatic heterocycles. The van der Waals surface area contributed by atoms with Gasteiger partial charge in [-0.25, -0.2) is 4.79 Å². The molecule has 1 fully saturated rings. The van der Waals surface area contributed by atoms with Crippen LogP contribution in [0, 0.1) is 0 Å². The third-order valence-corrected chi connectivity index (χ3v) is 4.78. The van der Waals surface area contributed by atoms with E-state index in [1.54, 1.807) is 49.4 Å². The zero-order valence-electron chi connectivity index (χ0n) is 13.8. The fourth-order valence-corrected chi connectivity index (χ4v) is 3.24. The monoisotopic (exact) mass is 391 g/mol. The molecule has 2 aromatic carbocycles. The number of amides is 4. The maximum absolute atomic E-state index is 12.8. The molecular weight excluding hydrogens is 377 g/mol. The van der Waals surface area contributed by atoms with Gasteiger partial charge in [0.1, 0.15) is 12.1 Å². The van der Waals surface area contributed by atoms with E-state index in [1.807, 2.05) is 6.07 Å². The molecule has 3 rings (SSSR count). The summed E-state index contributed by atoms with van der Waals surface area (Å²) in [5, 5.41) is 5.70. The highest BCUT2D eigenvalue weighted by Crippen LogP contribution is 2.31. The average molecular weight is 392 g/mol. The molecule has 2 aromatic rings. The lowest BCUT2D eigenvalue weighted by atomic mass is 9.92. The van der Waals surface area contributed by atoms with E-state index in [0.29, 0.717) is 5.56 Å². The van der Waals surface area contributed by atoms with Gasteiger partial charge in [0.05, 0.1) is 15.7 Å². The van der Waals surface area contributed by atoms with Crippen molar-refractivity contribution in [3.05, 3.63) is 64.1 Å². The smallest absolute Gasteiger partial charge is 0.322 e. The number of rotatable bonds is 4. The largest absolute Gasteiger partial charge is 0.325 e. The van der Waals surface area contributed by atoms with Crippen LogP contribution in [-0.4, -0.2) is 29.3 Å². The average Bonchev–Trinajstić information content (AvgIpc) is 2.83. The Morgan fingerprint density at radius 2 is 1.69 bits per heavy atom. The van der Waals surface area contributed by atoms with Crippen molar-refractivity contribution in [3.63, 3.8) is 0 Å². The summed E-state index contributed by atoms with van der Waals surface area (Å²) >= 11 is 12.0. The Hall–Kier alpha value is -2.57. The molecule has 0 aliphatic carbocycles. The van der Waals surface area contributed by atoms with Gasteiger partial charge in [0, 0.05) is 0 Å². The molecule has 0 radical (unpaired) electrons. The van der Waals surface area contributed by atoms with Crippen LogP contribution in [0.5, 0.6) is 0 Å². The Morgan fingerprint density at radius 1 is 1.08 bits per heavy atom. The van der Waals surface area contributed by atoms with Crippen molar-refractivity contribution in [1.82, 2.24) is 10.2 Å². The van der Waals surface area contributed by atoms with Gasteiger partial charge in [0.2, 0.25) is 5.91 Å². The summed E-state index contributed by atoms with van der Waals surface area (Å²) in [6.45, 7) is 1.15. The van der Waals surface area contributed by atoms with Crippen molar-refractivity contribution in [1.29, 1.82) is 0 Å². The molecule has 1 unspecified atom stereocenters. The first-order valence-electron chi connectivity index (χ1n) is 7.76. The van der Waals surface area contributed by atoms with Crippen LogP contribution in [0.25, 0.3) is 0 Å². The van der Waals surface area contributed by atoms with E-state index in [-0.39, 0.29) is 15.7 Å². The summed E-state index contributed by atoms with van der Waals surface area (Å²) in [5.74, 6) is -1.09. The van der Waals surface area contributed by atoms with Gasteiger partial charge in [-0.1, -0.05) is 59.6 Å².